The van der Waals surface area contributed by atoms with E-state index < -0.39 is 10.0 Å². The number of hydrogen-bond acceptors (Lipinski definition) is 5. The molecule has 1 aromatic heterocycles. The predicted molar refractivity (Wildman–Crippen MR) is 74.1 cm³/mol. The van der Waals surface area contributed by atoms with Gasteiger partial charge in [0.25, 0.3) is 10.0 Å². The Labute approximate surface area is 121 Å². The van der Waals surface area contributed by atoms with Gasteiger partial charge in [0.05, 0.1) is 0 Å². The molecule has 0 bridgehead atoms. The summed E-state index contributed by atoms with van der Waals surface area (Å²) in [7, 11) is 1.96. The Morgan fingerprint density at radius 1 is 1.37 bits per heavy atom. The number of sulfonamides is 1. The summed E-state index contributed by atoms with van der Waals surface area (Å²) >= 11 is 3.15. The minimum atomic E-state index is -3.56. The van der Waals surface area contributed by atoms with Gasteiger partial charge in [0.1, 0.15) is 0 Å². The summed E-state index contributed by atoms with van der Waals surface area (Å²) in [6.07, 6.45) is 0. The van der Waals surface area contributed by atoms with Crippen LogP contribution in [0.15, 0.2) is 9.63 Å². The van der Waals surface area contributed by atoms with E-state index in [4.69, 9.17) is 0 Å². The third-order valence-electron chi connectivity index (χ3n) is 3.52. The van der Waals surface area contributed by atoms with E-state index >= 15 is 0 Å². The first kappa shape index (κ1) is 14.9. The number of nitrogens with zero attached hydrogens (tertiary/aromatic N) is 5. The molecule has 9 heteroatoms. The third-order valence-corrected chi connectivity index (χ3v) is 6.24. The van der Waals surface area contributed by atoms with Gasteiger partial charge in [0, 0.05) is 26.2 Å². The van der Waals surface area contributed by atoms with Crippen molar-refractivity contribution < 1.29 is 8.42 Å². The van der Waals surface area contributed by atoms with Gasteiger partial charge < -0.3 is 4.90 Å². The van der Waals surface area contributed by atoms with Gasteiger partial charge in [-0.15, -0.1) is 5.10 Å². The largest absolute Gasteiger partial charge is 0.305 e. The minimum Gasteiger partial charge on any atom is -0.305 e. The van der Waals surface area contributed by atoms with Gasteiger partial charge in [-0.3, -0.25) is 0 Å². The van der Waals surface area contributed by atoms with Crippen molar-refractivity contribution in [1.82, 2.24) is 24.2 Å². The second kappa shape index (κ2) is 5.12. The summed E-state index contributed by atoms with van der Waals surface area (Å²) in [4.78, 5) is 2.07. The Morgan fingerprint density at radius 2 is 2.00 bits per heavy atom. The smallest absolute Gasteiger partial charge is 0.263 e. The van der Waals surface area contributed by atoms with Gasteiger partial charge in [-0.2, -0.15) is 4.31 Å². The molecular formula is C10H18BrN5O2S. The van der Waals surface area contributed by atoms with Gasteiger partial charge in [-0.25, -0.2) is 13.1 Å². The lowest BCUT2D eigenvalue weighted by Gasteiger charge is -2.22. The van der Waals surface area contributed by atoms with E-state index in [-0.39, 0.29) is 15.7 Å². The maximum absolute atomic E-state index is 12.6. The minimum absolute atomic E-state index is 0.110. The normalized spacial score (nSPS) is 25.4. The molecule has 1 saturated heterocycles. The molecule has 0 aliphatic carbocycles. The van der Waals surface area contributed by atoms with Crippen molar-refractivity contribution in [2.45, 2.75) is 18.0 Å². The van der Waals surface area contributed by atoms with Gasteiger partial charge in [0.15, 0.2) is 4.60 Å². The highest BCUT2D eigenvalue weighted by atomic mass is 79.9. The van der Waals surface area contributed by atoms with Gasteiger partial charge in [0.2, 0.25) is 5.03 Å². The zero-order valence-corrected chi connectivity index (χ0v) is 13.8. The van der Waals surface area contributed by atoms with Crippen molar-refractivity contribution in [3.05, 3.63) is 4.60 Å². The van der Waals surface area contributed by atoms with Crippen LogP contribution in [-0.2, 0) is 17.1 Å². The molecule has 2 unspecified atom stereocenters. The number of halogens is 1. The fourth-order valence-corrected chi connectivity index (χ4v) is 5.08. The van der Waals surface area contributed by atoms with Gasteiger partial charge in [-0.1, -0.05) is 12.1 Å². The number of likely N-dealkylation sites (N-methyl/N-ethyl adjacent to an activating group) is 1. The van der Waals surface area contributed by atoms with E-state index in [2.05, 4.69) is 38.1 Å². The fourth-order valence-electron chi connectivity index (χ4n) is 2.49. The van der Waals surface area contributed by atoms with Crippen LogP contribution in [0.3, 0.4) is 0 Å². The monoisotopic (exact) mass is 351 g/mol. The number of aryl methyl sites for hydroxylation is 1. The summed E-state index contributed by atoms with van der Waals surface area (Å²) in [6, 6.07) is 0.231. The van der Waals surface area contributed by atoms with Crippen LogP contribution in [0.5, 0.6) is 0 Å². The van der Waals surface area contributed by atoms with Crippen molar-refractivity contribution in [3.8, 4) is 0 Å². The molecule has 2 rings (SSSR count). The van der Waals surface area contributed by atoms with Crippen LogP contribution < -0.4 is 0 Å². The molecule has 2 heterocycles. The zero-order chi connectivity index (χ0) is 14.4. The van der Waals surface area contributed by atoms with Crippen molar-refractivity contribution in [3.63, 3.8) is 0 Å². The highest BCUT2D eigenvalue weighted by Gasteiger charge is 2.40. The van der Waals surface area contributed by atoms with Crippen molar-refractivity contribution in [1.29, 1.82) is 0 Å². The highest BCUT2D eigenvalue weighted by molar-refractivity contribution is 9.10. The standard InChI is InChI=1S/C10H18BrN5O2S/c1-7-5-16(6-8(7)14(2)3)19(17,18)10-9(11)12-13-15(10)4/h7-8H,5-6H2,1-4H3. The second-order valence-electron chi connectivity index (χ2n) is 5.14. The summed E-state index contributed by atoms with van der Waals surface area (Å²) in [5, 5.41) is 7.58. The van der Waals surface area contributed by atoms with Crippen LogP contribution in [0.25, 0.3) is 0 Å². The molecule has 1 fully saturated rings. The third kappa shape index (κ3) is 2.56. The average molecular weight is 352 g/mol. The quantitative estimate of drug-likeness (QED) is 0.774. The number of rotatable bonds is 3. The Hall–Kier alpha value is -0.510. The SMILES string of the molecule is CC1CN(S(=O)(=O)c2c(Br)nnn2C)CC1N(C)C. The topological polar surface area (TPSA) is 71.3 Å². The molecule has 0 radical (unpaired) electrons. The van der Waals surface area contributed by atoms with E-state index in [1.165, 1.54) is 8.99 Å². The Kier molecular flexibility index (Phi) is 4.01. The first-order valence-corrected chi connectivity index (χ1v) is 8.20. The van der Waals surface area contributed by atoms with Crippen LogP contribution in [-0.4, -0.2) is 65.8 Å². The van der Waals surface area contributed by atoms with Crippen LogP contribution >= 0.6 is 15.9 Å². The Balaban J connectivity index is 2.33. The lowest BCUT2D eigenvalue weighted by molar-refractivity contribution is 0.263. The van der Waals surface area contributed by atoms with E-state index in [1.807, 2.05) is 14.1 Å². The zero-order valence-electron chi connectivity index (χ0n) is 11.4. The molecule has 0 saturated carbocycles. The summed E-state index contributed by atoms with van der Waals surface area (Å²) < 4.78 is 28.3. The van der Waals surface area contributed by atoms with E-state index in [0.29, 0.717) is 19.0 Å². The van der Waals surface area contributed by atoms with Crippen molar-refractivity contribution >= 4 is 26.0 Å². The van der Waals surface area contributed by atoms with Crippen molar-refractivity contribution in [2.24, 2.45) is 13.0 Å². The number of hydrogen-bond donors (Lipinski definition) is 0. The van der Waals surface area contributed by atoms with Crippen LogP contribution in [0.2, 0.25) is 0 Å². The molecule has 0 amide bonds. The molecule has 108 valence electrons. The highest BCUT2D eigenvalue weighted by Crippen LogP contribution is 2.28. The molecule has 0 aromatic carbocycles. The second-order valence-corrected chi connectivity index (χ2v) is 7.74. The summed E-state index contributed by atoms with van der Waals surface area (Å²) in [5.74, 6) is 0.296. The molecule has 0 spiro atoms. The summed E-state index contributed by atoms with van der Waals surface area (Å²) in [6.45, 7) is 3.08. The molecule has 1 aromatic rings. The summed E-state index contributed by atoms with van der Waals surface area (Å²) in [5.41, 5.74) is 0. The van der Waals surface area contributed by atoms with Crippen LogP contribution in [0, 0.1) is 5.92 Å². The van der Waals surface area contributed by atoms with E-state index in [0.717, 1.165) is 0 Å². The maximum Gasteiger partial charge on any atom is 0.263 e. The van der Waals surface area contributed by atoms with Gasteiger partial charge >= 0.3 is 0 Å². The van der Waals surface area contributed by atoms with Crippen molar-refractivity contribution in [2.75, 3.05) is 27.2 Å². The number of aromatic nitrogens is 3. The molecule has 19 heavy (non-hydrogen) atoms. The van der Waals surface area contributed by atoms with E-state index in [9.17, 15) is 8.42 Å². The Morgan fingerprint density at radius 3 is 2.42 bits per heavy atom. The Bertz CT molecular complexity index is 551. The lowest BCUT2D eigenvalue weighted by atomic mass is 10.1. The predicted octanol–water partition coefficient (Wildman–Crippen LogP) is 0.148. The molecular weight excluding hydrogens is 334 g/mol. The average Bonchev–Trinajstić information content (AvgIpc) is 2.83. The molecule has 0 N–H and O–H groups in total. The molecule has 7 nitrogen and oxygen atoms in total. The fraction of sp³-hybridized carbons (Fsp3) is 0.800. The first-order valence-electron chi connectivity index (χ1n) is 5.97. The molecule has 2 atom stereocenters. The van der Waals surface area contributed by atoms with Crippen LogP contribution in [0.4, 0.5) is 0 Å². The van der Waals surface area contributed by atoms with Crippen LogP contribution in [0.1, 0.15) is 6.92 Å². The molecule has 1 aliphatic heterocycles. The maximum atomic E-state index is 12.6. The molecule has 1 aliphatic rings. The lowest BCUT2D eigenvalue weighted by Crippen LogP contribution is -2.36. The van der Waals surface area contributed by atoms with Gasteiger partial charge in [-0.05, 0) is 35.9 Å². The van der Waals surface area contributed by atoms with E-state index in [1.54, 1.807) is 7.05 Å². The first-order chi connectivity index (χ1) is 8.75.